The van der Waals surface area contributed by atoms with E-state index in [0.29, 0.717) is 0 Å². The van der Waals surface area contributed by atoms with Crippen LogP contribution in [0.4, 0.5) is 0 Å². The maximum atomic E-state index is 7.50. The van der Waals surface area contributed by atoms with Crippen molar-refractivity contribution < 1.29 is 82.7 Å². The first-order valence-electron chi connectivity index (χ1n) is 4.12. The molecule has 0 saturated carbocycles. The van der Waals surface area contributed by atoms with Gasteiger partial charge in [-0.2, -0.15) is 0 Å². The molecule has 0 spiro atoms. The fourth-order valence-corrected chi connectivity index (χ4v) is 2.65. The van der Waals surface area contributed by atoms with Crippen molar-refractivity contribution in [2.75, 3.05) is 0 Å². The molecular weight excluding hydrogens is 764 g/mol. The Hall–Kier alpha value is -0.496. The third kappa shape index (κ3) is 211. The summed E-state index contributed by atoms with van der Waals surface area (Å²) in [7, 11) is 0. The van der Waals surface area contributed by atoms with Crippen molar-refractivity contribution in [2.45, 2.75) is 24.5 Å². The molecule has 1 heterocycles. The van der Waals surface area contributed by atoms with Crippen molar-refractivity contribution in [3.05, 3.63) is 59.9 Å². The van der Waals surface area contributed by atoms with Crippen molar-refractivity contribution >= 4 is 15.0 Å². The molecule has 1 aliphatic heterocycles. The van der Waals surface area contributed by atoms with Crippen LogP contribution in [-0.2, 0) is 82.7 Å². The zero-order chi connectivity index (χ0) is 22.6. The number of hydrogen-bond acceptors (Lipinski definition) is 0. The maximum Gasteiger partial charge on any atom is 0 e. The van der Waals surface area contributed by atoms with E-state index in [0.717, 1.165) is 20.4 Å². The first kappa shape index (κ1) is 72.8. The molecule has 26 heavy (non-hydrogen) atoms. The molecule has 1 saturated heterocycles. The van der Waals surface area contributed by atoms with E-state index in [-0.39, 0.29) is 40.8 Å². The zero-order valence-electron chi connectivity index (χ0n) is 13.3. The number of hydrogen-bond donors (Lipinski definition) is 0. The van der Waals surface area contributed by atoms with Crippen molar-refractivity contribution in [2.24, 2.45) is 5.41 Å². The molecular formula is C14H10O9Re2Se. The van der Waals surface area contributed by atoms with Gasteiger partial charge in [-0.15, -0.1) is 0 Å². The predicted molar refractivity (Wildman–Crippen MR) is 64.5 cm³/mol. The molecule has 0 N–H and O–H groups in total. The van der Waals surface area contributed by atoms with Gasteiger partial charge in [-0.25, -0.2) is 0 Å². The Morgan fingerprint density at radius 2 is 0.538 bits per heavy atom. The summed E-state index contributed by atoms with van der Waals surface area (Å²) in [5.41, 5.74) is 0.750. The van der Waals surface area contributed by atoms with Gasteiger partial charge >= 0.3 is 147 Å². The van der Waals surface area contributed by atoms with Gasteiger partial charge in [0.1, 0.15) is 0 Å². The Morgan fingerprint density at radius 1 is 0.462 bits per heavy atom. The molecule has 1 rings (SSSR count). The standard InChI is InChI=1S/C5H10Se.9CO.2Re/c1-5(2)3-6-4-5;9*1-2;;/h3-4H2,1-2H3;;;;;;;;;;;. The van der Waals surface area contributed by atoms with Crippen molar-refractivity contribution in [3.63, 3.8) is 0 Å². The van der Waals surface area contributed by atoms with Crippen LogP contribution in [0.5, 0.6) is 0 Å². The topological polar surface area (TPSA) is 179 Å². The van der Waals surface area contributed by atoms with Crippen molar-refractivity contribution in [1.29, 1.82) is 0 Å². The van der Waals surface area contributed by atoms with Gasteiger partial charge in [0, 0.05) is 40.8 Å². The van der Waals surface area contributed by atoms with Crippen LogP contribution >= 0.6 is 0 Å². The quantitative estimate of drug-likeness (QED) is 0.196. The first-order valence-corrected chi connectivity index (χ1v) is 6.54. The molecule has 0 aromatic carbocycles. The summed E-state index contributed by atoms with van der Waals surface area (Å²) in [6.45, 7) is 45.2. The second kappa shape index (κ2) is 187. The monoisotopic (exact) mass is 776 g/mol. The summed E-state index contributed by atoms with van der Waals surface area (Å²) in [5.74, 6) is 0. The van der Waals surface area contributed by atoms with Crippen LogP contribution in [0.1, 0.15) is 13.8 Å². The van der Waals surface area contributed by atoms with Crippen molar-refractivity contribution in [1.82, 2.24) is 0 Å². The molecule has 0 unspecified atom stereocenters. The third-order valence-electron chi connectivity index (χ3n) is 0.986. The summed E-state index contributed by atoms with van der Waals surface area (Å²) in [4.78, 5) is 0. The molecule has 0 amide bonds. The van der Waals surface area contributed by atoms with Crippen LogP contribution in [0.25, 0.3) is 0 Å². The minimum absolute atomic E-state index is 0. The Bertz CT molecular complexity index is 272. The molecule has 12 heteroatoms. The van der Waals surface area contributed by atoms with Crippen LogP contribution < -0.4 is 0 Å². The molecule has 0 aromatic rings. The van der Waals surface area contributed by atoms with E-state index in [9.17, 15) is 0 Å². The van der Waals surface area contributed by atoms with Crippen LogP contribution in [0.15, 0.2) is 0 Å². The Kier molecular flexibility index (Phi) is 524. The molecule has 0 bridgehead atoms. The molecule has 2 radical (unpaired) electrons. The van der Waals surface area contributed by atoms with Gasteiger partial charge in [0.25, 0.3) is 0 Å². The van der Waals surface area contributed by atoms with E-state index in [1.807, 2.05) is 0 Å². The number of rotatable bonds is 0. The van der Waals surface area contributed by atoms with E-state index in [2.05, 4.69) is 73.7 Å². The SMILES string of the molecule is CC1(C)C[Se]C1.[C-]#[O+].[C-]#[O+].[C-]#[O+].[C-]#[O+].[C-]#[O+].[C-]#[O+].[C-]#[O+].[C-]#[O+].[C-]#[O+].[Re].[Re]. The van der Waals surface area contributed by atoms with Gasteiger partial charge < -0.3 is 0 Å². The van der Waals surface area contributed by atoms with Crippen LogP contribution in [0.2, 0.25) is 10.6 Å². The van der Waals surface area contributed by atoms with Gasteiger partial charge in [0.15, 0.2) is 0 Å². The summed E-state index contributed by atoms with van der Waals surface area (Å²) >= 11 is 1.03. The molecule has 0 aliphatic carbocycles. The second-order valence-corrected chi connectivity index (χ2v) is 4.72. The van der Waals surface area contributed by atoms with E-state index < -0.39 is 0 Å². The average molecular weight is 774 g/mol. The third-order valence-corrected chi connectivity index (χ3v) is 5.12. The Balaban J connectivity index is -0.0000000112. The van der Waals surface area contributed by atoms with Gasteiger partial charge in [0.05, 0.1) is 0 Å². The second-order valence-electron chi connectivity index (χ2n) is 2.66. The van der Waals surface area contributed by atoms with Gasteiger partial charge in [-0.05, 0) is 0 Å². The minimum Gasteiger partial charge on any atom is 0 e. The predicted octanol–water partition coefficient (Wildman–Crippen LogP) is 1.22. The van der Waals surface area contributed by atoms with E-state index in [1.165, 1.54) is 10.6 Å². The van der Waals surface area contributed by atoms with Crippen LogP contribution in [0.3, 0.4) is 0 Å². The average Bonchev–Trinajstić information content (AvgIpc) is 2.74. The van der Waals surface area contributed by atoms with Gasteiger partial charge in [0.2, 0.25) is 0 Å². The van der Waals surface area contributed by atoms with Crippen molar-refractivity contribution in [3.8, 4) is 0 Å². The normalized spacial score (nSPS) is 7.38. The summed E-state index contributed by atoms with van der Waals surface area (Å²) in [6, 6.07) is 0. The van der Waals surface area contributed by atoms with Crippen LogP contribution in [-0.4, -0.2) is 15.0 Å². The molecule has 9 nitrogen and oxygen atoms in total. The Morgan fingerprint density at radius 3 is 0.538 bits per heavy atom. The summed E-state index contributed by atoms with van der Waals surface area (Å²) in [5, 5.41) is 3.03. The molecule has 140 valence electrons. The minimum atomic E-state index is 0. The van der Waals surface area contributed by atoms with E-state index in [1.54, 1.807) is 0 Å². The molecule has 1 aliphatic rings. The fourth-order valence-electron chi connectivity index (χ4n) is 0.510. The van der Waals surface area contributed by atoms with Crippen LogP contribution in [0, 0.1) is 65.3 Å². The maximum absolute atomic E-state index is 7.50. The first-order chi connectivity index (χ1) is 11.7. The Labute approximate surface area is 186 Å². The molecule has 0 atom stereocenters. The van der Waals surface area contributed by atoms with Gasteiger partial charge in [-0.1, -0.05) is 0 Å². The summed E-state index contributed by atoms with van der Waals surface area (Å²) in [6.07, 6.45) is 0. The fraction of sp³-hybridized carbons (Fsp3) is 0.357. The van der Waals surface area contributed by atoms with E-state index >= 15 is 0 Å². The van der Waals surface area contributed by atoms with E-state index in [4.69, 9.17) is 41.9 Å². The summed E-state index contributed by atoms with van der Waals surface area (Å²) < 4.78 is 67.5. The molecule has 0 aromatic heterocycles. The largest absolute Gasteiger partial charge is 0 e. The smallest absolute Gasteiger partial charge is 0 e. The zero-order valence-corrected chi connectivity index (χ0v) is 20.4. The van der Waals surface area contributed by atoms with Gasteiger partial charge in [-0.3, -0.25) is 0 Å². The molecule has 1 fully saturated rings.